The van der Waals surface area contributed by atoms with E-state index in [-0.39, 0.29) is 5.91 Å². The topological polar surface area (TPSA) is 62.8 Å². The fourth-order valence-corrected chi connectivity index (χ4v) is 5.02. The number of unbranched alkanes of at least 4 members (excludes halogenated alkanes) is 3. The van der Waals surface area contributed by atoms with Crippen LogP contribution in [-0.4, -0.2) is 71.6 Å². The van der Waals surface area contributed by atoms with Gasteiger partial charge in [0, 0.05) is 55.5 Å². The number of amides is 1. The number of aryl methyl sites for hydroxylation is 1. The van der Waals surface area contributed by atoms with E-state index in [2.05, 4.69) is 27.9 Å². The van der Waals surface area contributed by atoms with Crippen LogP contribution in [0.3, 0.4) is 0 Å². The fourth-order valence-electron chi connectivity index (χ4n) is 5.02. The number of nitrogens with one attached hydrogen (secondary N) is 1. The lowest BCUT2D eigenvalue weighted by Crippen LogP contribution is -2.50. The van der Waals surface area contributed by atoms with Gasteiger partial charge in [0.2, 0.25) is 5.91 Å². The maximum absolute atomic E-state index is 13.2. The molecule has 3 aromatic rings. The van der Waals surface area contributed by atoms with E-state index >= 15 is 0 Å². The highest BCUT2D eigenvalue weighted by Crippen LogP contribution is 2.24. The van der Waals surface area contributed by atoms with Gasteiger partial charge >= 0.3 is 0 Å². The summed E-state index contributed by atoms with van der Waals surface area (Å²) in [4.78, 5) is 23.3. The van der Waals surface area contributed by atoms with E-state index in [1.54, 1.807) is 6.07 Å². The number of fused-ring (bicyclic) bond motifs is 1. The van der Waals surface area contributed by atoms with Crippen molar-refractivity contribution >= 4 is 22.5 Å². The summed E-state index contributed by atoms with van der Waals surface area (Å²) >= 11 is 0. The van der Waals surface area contributed by atoms with E-state index in [0.29, 0.717) is 12.3 Å². The molecular formula is C29H40N4O2. The molecule has 6 nitrogen and oxygen atoms in total. The predicted molar refractivity (Wildman–Crippen MR) is 144 cm³/mol. The van der Waals surface area contributed by atoms with E-state index < -0.39 is 0 Å². The second-order valence-electron chi connectivity index (χ2n) is 9.71. The van der Waals surface area contributed by atoms with Crippen LogP contribution >= 0.6 is 0 Å². The summed E-state index contributed by atoms with van der Waals surface area (Å²) in [5, 5.41) is 10.9. The first-order chi connectivity index (χ1) is 17.1. The van der Waals surface area contributed by atoms with Crippen molar-refractivity contribution in [1.82, 2.24) is 14.8 Å². The molecule has 2 heterocycles. The van der Waals surface area contributed by atoms with Gasteiger partial charge in [-0.2, -0.15) is 0 Å². The van der Waals surface area contributed by atoms with Crippen LogP contribution in [0.2, 0.25) is 0 Å². The predicted octanol–water partition coefficient (Wildman–Crippen LogP) is 5.04. The average Bonchev–Trinajstić information content (AvgIpc) is 3.27. The van der Waals surface area contributed by atoms with Crippen LogP contribution in [0, 0.1) is 0 Å². The third-order valence-electron chi connectivity index (χ3n) is 7.10. The standard InChI is InChI=1S/C29H40N4O2/c1-2-3-4-8-16-33(25-11-6-5-7-12-25)29(35)23-32-19-17-31(18-20-32)15-9-10-24-22-30-28-14-13-26(34)21-27(24)28/h5-7,11-14,21-22,30,34H,2-4,8-10,15-20,23H2,1H3. The molecule has 1 aliphatic heterocycles. The smallest absolute Gasteiger partial charge is 0.241 e. The highest BCUT2D eigenvalue weighted by molar-refractivity contribution is 5.94. The summed E-state index contributed by atoms with van der Waals surface area (Å²) < 4.78 is 0. The minimum Gasteiger partial charge on any atom is -0.508 e. The van der Waals surface area contributed by atoms with Crippen molar-refractivity contribution < 1.29 is 9.90 Å². The number of carbonyl (C=O) groups excluding carboxylic acids is 1. The molecule has 1 aliphatic rings. The Morgan fingerprint density at radius 2 is 1.74 bits per heavy atom. The number of rotatable bonds is 12. The fraction of sp³-hybridized carbons (Fsp3) is 0.483. The normalized spacial score (nSPS) is 15.0. The highest BCUT2D eigenvalue weighted by atomic mass is 16.3. The lowest BCUT2D eigenvalue weighted by Gasteiger charge is -2.35. The van der Waals surface area contributed by atoms with Crippen molar-refractivity contribution in [3.8, 4) is 5.75 Å². The molecule has 2 aromatic carbocycles. The molecule has 1 aromatic heterocycles. The molecule has 0 atom stereocenters. The summed E-state index contributed by atoms with van der Waals surface area (Å²) in [7, 11) is 0. The van der Waals surface area contributed by atoms with Crippen LogP contribution in [0.15, 0.2) is 54.7 Å². The summed E-state index contributed by atoms with van der Waals surface area (Å²) in [6.45, 7) is 8.45. The lowest BCUT2D eigenvalue weighted by molar-refractivity contribution is -0.120. The van der Waals surface area contributed by atoms with Crippen LogP contribution in [0.4, 0.5) is 5.69 Å². The number of aromatic amines is 1. The molecule has 0 radical (unpaired) electrons. The Labute approximate surface area is 209 Å². The van der Waals surface area contributed by atoms with Crippen molar-refractivity contribution in [3.05, 3.63) is 60.3 Å². The molecule has 2 N–H and O–H groups in total. The molecule has 1 fully saturated rings. The molecule has 188 valence electrons. The van der Waals surface area contributed by atoms with Crippen molar-refractivity contribution in [1.29, 1.82) is 0 Å². The van der Waals surface area contributed by atoms with Crippen molar-refractivity contribution in [2.24, 2.45) is 0 Å². The van der Waals surface area contributed by atoms with Crippen LogP contribution < -0.4 is 4.90 Å². The van der Waals surface area contributed by atoms with Gasteiger partial charge in [0.25, 0.3) is 0 Å². The lowest BCUT2D eigenvalue weighted by atomic mass is 10.1. The number of piperazine rings is 1. The molecule has 0 saturated carbocycles. The van der Waals surface area contributed by atoms with E-state index in [4.69, 9.17) is 0 Å². The zero-order chi connectivity index (χ0) is 24.5. The van der Waals surface area contributed by atoms with Gasteiger partial charge in [-0.15, -0.1) is 0 Å². The third kappa shape index (κ3) is 7.09. The van der Waals surface area contributed by atoms with E-state index in [0.717, 1.165) is 75.1 Å². The Morgan fingerprint density at radius 3 is 2.51 bits per heavy atom. The average molecular weight is 477 g/mol. The number of H-pyrrole nitrogens is 1. The first-order valence-electron chi connectivity index (χ1n) is 13.2. The summed E-state index contributed by atoms with van der Waals surface area (Å²) in [5.41, 5.74) is 3.35. The zero-order valence-electron chi connectivity index (χ0n) is 21.1. The Bertz CT molecular complexity index is 1060. The van der Waals surface area contributed by atoms with Gasteiger partial charge in [0.15, 0.2) is 0 Å². The number of nitrogens with zero attached hydrogens (tertiary/aromatic N) is 3. The Balaban J connectivity index is 1.22. The summed E-state index contributed by atoms with van der Waals surface area (Å²) in [6, 6.07) is 15.6. The first-order valence-corrected chi connectivity index (χ1v) is 13.2. The number of para-hydroxylation sites is 1. The number of hydrogen-bond donors (Lipinski definition) is 2. The number of phenols is 1. The van der Waals surface area contributed by atoms with E-state index in [9.17, 15) is 9.90 Å². The molecule has 6 heteroatoms. The second-order valence-corrected chi connectivity index (χ2v) is 9.71. The van der Waals surface area contributed by atoms with Crippen LogP contribution in [-0.2, 0) is 11.2 Å². The van der Waals surface area contributed by atoms with Gasteiger partial charge in [0.1, 0.15) is 5.75 Å². The number of phenolic OH excluding ortho intramolecular Hbond substituents is 1. The number of carbonyl (C=O) groups is 1. The maximum Gasteiger partial charge on any atom is 0.241 e. The third-order valence-corrected chi connectivity index (χ3v) is 7.10. The number of aromatic nitrogens is 1. The number of aromatic hydroxyl groups is 1. The van der Waals surface area contributed by atoms with Gasteiger partial charge in [-0.3, -0.25) is 9.69 Å². The van der Waals surface area contributed by atoms with Crippen LogP contribution in [0.1, 0.15) is 44.6 Å². The Kier molecular flexibility index (Phi) is 9.21. The molecule has 4 rings (SSSR count). The van der Waals surface area contributed by atoms with Crippen LogP contribution in [0.25, 0.3) is 10.9 Å². The maximum atomic E-state index is 13.2. The molecule has 0 spiro atoms. The summed E-state index contributed by atoms with van der Waals surface area (Å²) in [5.74, 6) is 0.527. The number of benzene rings is 2. The molecule has 1 saturated heterocycles. The van der Waals surface area contributed by atoms with Crippen molar-refractivity contribution in [2.45, 2.75) is 45.4 Å². The molecule has 35 heavy (non-hydrogen) atoms. The van der Waals surface area contributed by atoms with Crippen LogP contribution in [0.5, 0.6) is 5.75 Å². The number of anilines is 1. The molecule has 1 amide bonds. The largest absolute Gasteiger partial charge is 0.508 e. The van der Waals surface area contributed by atoms with Gasteiger partial charge in [-0.25, -0.2) is 0 Å². The minimum atomic E-state index is 0.212. The van der Waals surface area contributed by atoms with Gasteiger partial charge in [-0.1, -0.05) is 44.4 Å². The quantitative estimate of drug-likeness (QED) is 0.360. The Morgan fingerprint density at radius 1 is 0.971 bits per heavy atom. The Hall–Kier alpha value is -2.83. The monoisotopic (exact) mass is 476 g/mol. The van der Waals surface area contributed by atoms with Gasteiger partial charge in [-0.05, 0) is 61.7 Å². The van der Waals surface area contributed by atoms with E-state index in [1.807, 2.05) is 47.4 Å². The first kappa shape index (κ1) is 25.3. The minimum absolute atomic E-state index is 0.212. The SMILES string of the molecule is CCCCCCN(C(=O)CN1CCN(CCCc2c[nH]c3ccc(O)cc23)CC1)c1ccccc1. The van der Waals surface area contributed by atoms with Gasteiger partial charge < -0.3 is 19.9 Å². The number of hydrogen-bond acceptors (Lipinski definition) is 4. The second kappa shape index (κ2) is 12.8. The molecular weight excluding hydrogens is 436 g/mol. The van der Waals surface area contributed by atoms with Crippen molar-refractivity contribution in [2.75, 3.05) is 50.7 Å². The molecule has 0 unspecified atom stereocenters. The molecule has 0 bridgehead atoms. The van der Waals surface area contributed by atoms with E-state index in [1.165, 1.54) is 24.8 Å². The van der Waals surface area contributed by atoms with Crippen molar-refractivity contribution in [3.63, 3.8) is 0 Å². The summed E-state index contributed by atoms with van der Waals surface area (Å²) in [6.07, 6.45) is 8.79. The van der Waals surface area contributed by atoms with Gasteiger partial charge in [0.05, 0.1) is 6.54 Å². The highest BCUT2D eigenvalue weighted by Gasteiger charge is 2.22. The zero-order valence-corrected chi connectivity index (χ0v) is 21.1. The molecule has 0 aliphatic carbocycles.